The van der Waals surface area contributed by atoms with E-state index in [2.05, 4.69) is 13.5 Å². The molecule has 0 bridgehead atoms. The van der Waals surface area contributed by atoms with Crippen LogP contribution in [0.2, 0.25) is 0 Å². The van der Waals surface area contributed by atoms with Crippen molar-refractivity contribution in [3.05, 3.63) is 60.2 Å². The van der Waals surface area contributed by atoms with Gasteiger partial charge in [0.15, 0.2) is 5.78 Å². The molecule has 0 saturated heterocycles. The summed E-state index contributed by atoms with van der Waals surface area (Å²) in [7, 11) is 0. The maximum atomic E-state index is 12.6. The Kier molecular flexibility index (Phi) is 8.51. The number of carbonyl (C=O) groups excluding carboxylic acids is 1. The van der Waals surface area contributed by atoms with Crippen molar-refractivity contribution in [3.8, 4) is 0 Å². The van der Waals surface area contributed by atoms with Crippen LogP contribution in [0.25, 0.3) is 0 Å². The van der Waals surface area contributed by atoms with Crippen molar-refractivity contribution in [2.45, 2.75) is 57.5 Å². The Morgan fingerprint density at radius 3 is 2.42 bits per heavy atom. The number of hydrogen-bond acceptors (Lipinski definition) is 1. The van der Waals surface area contributed by atoms with E-state index in [1.165, 1.54) is 12.1 Å². The van der Waals surface area contributed by atoms with Crippen LogP contribution in [0.15, 0.2) is 49.1 Å². The lowest BCUT2D eigenvalue weighted by molar-refractivity contribution is -0.137. The SMILES string of the molecule is C=CC[C@@H](CC(=O)/C=C/CCCCC)c1ccc(C(F)(F)F)cc1. The number of hydrogen-bond donors (Lipinski definition) is 0. The molecular formula is C20H25F3O. The monoisotopic (exact) mass is 338 g/mol. The molecule has 0 N–H and O–H groups in total. The summed E-state index contributed by atoms with van der Waals surface area (Å²) in [4.78, 5) is 12.1. The summed E-state index contributed by atoms with van der Waals surface area (Å²) >= 11 is 0. The normalized spacial score (nSPS) is 13.2. The molecule has 1 nitrogen and oxygen atoms in total. The summed E-state index contributed by atoms with van der Waals surface area (Å²) in [6.45, 7) is 5.80. The fourth-order valence-electron chi connectivity index (χ4n) is 2.52. The Morgan fingerprint density at radius 2 is 1.88 bits per heavy atom. The van der Waals surface area contributed by atoms with Crippen molar-refractivity contribution >= 4 is 5.78 Å². The molecule has 0 aliphatic heterocycles. The van der Waals surface area contributed by atoms with E-state index in [4.69, 9.17) is 0 Å². The largest absolute Gasteiger partial charge is 0.416 e. The molecule has 0 unspecified atom stereocenters. The van der Waals surface area contributed by atoms with Gasteiger partial charge < -0.3 is 0 Å². The third-order valence-corrected chi connectivity index (χ3v) is 3.89. The third-order valence-electron chi connectivity index (χ3n) is 3.89. The van der Waals surface area contributed by atoms with Crippen LogP contribution in [-0.2, 0) is 11.0 Å². The van der Waals surface area contributed by atoms with Gasteiger partial charge in [0.2, 0.25) is 0 Å². The molecule has 1 atom stereocenters. The summed E-state index contributed by atoms with van der Waals surface area (Å²) in [6, 6.07) is 5.04. The van der Waals surface area contributed by atoms with Gasteiger partial charge in [-0.15, -0.1) is 6.58 Å². The van der Waals surface area contributed by atoms with Gasteiger partial charge in [-0.05, 0) is 49.0 Å². The highest BCUT2D eigenvalue weighted by molar-refractivity contribution is 5.90. The van der Waals surface area contributed by atoms with E-state index in [1.807, 2.05) is 6.08 Å². The third kappa shape index (κ3) is 7.16. The van der Waals surface area contributed by atoms with Gasteiger partial charge in [0.05, 0.1) is 5.56 Å². The van der Waals surface area contributed by atoms with E-state index >= 15 is 0 Å². The lowest BCUT2D eigenvalue weighted by atomic mass is 9.90. The fourth-order valence-corrected chi connectivity index (χ4v) is 2.52. The van der Waals surface area contributed by atoms with Crippen LogP contribution in [0, 0.1) is 0 Å². The van der Waals surface area contributed by atoms with Crippen LogP contribution in [0.5, 0.6) is 0 Å². The Bertz CT molecular complexity index is 541. The predicted octanol–water partition coefficient (Wildman–Crippen LogP) is 6.46. The van der Waals surface area contributed by atoms with E-state index in [1.54, 1.807) is 12.2 Å². The van der Waals surface area contributed by atoms with Crippen LogP contribution in [0.4, 0.5) is 13.2 Å². The lowest BCUT2D eigenvalue weighted by Crippen LogP contribution is -2.07. The maximum absolute atomic E-state index is 12.6. The van der Waals surface area contributed by atoms with Crippen molar-refractivity contribution in [2.24, 2.45) is 0 Å². The summed E-state index contributed by atoms with van der Waals surface area (Å²) in [6.07, 6.45) is 5.89. The molecule has 0 heterocycles. The van der Waals surface area contributed by atoms with E-state index in [-0.39, 0.29) is 18.1 Å². The molecule has 0 amide bonds. The van der Waals surface area contributed by atoms with Crippen LogP contribution in [0.3, 0.4) is 0 Å². The lowest BCUT2D eigenvalue weighted by Gasteiger charge is -2.15. The molecule has 0 aliphatic carbocycles. The van der Waals surface area contributed by atoms with Gasteiger partial charge in [-0.3, -0.25) is 4.79 Å². The van der Waals surface area contributed by atoms with Crippen LogP contribution in [0.1, 0.15) is 62.5 Å². The average molecular weight is 338 g/mol. The van der Waals surface area contributed by atoms with Gasteiger partial charge in [-0.1, -0.05) is 44.1 Å². The first-order valence-corrected chi connectivity index (χ1v) is 8.36. The van der Waals surface area contributed by atoms with E-state index in [9.17, 15) is 18.0 Å². The van der Waals surface area contributed by atoms with Crippen molar-refractivity contribution < 1.29 is 18.0 Å². The van der Waals surface area contributed by atoms with E-state index < -0.39 is 11.7 Å². The van der Waals surface area contributed by atoms with Crippen molar-refractivity contribution in [1.29, 1.82) is 0 Å². The molecule has 1 rings (SSSR count). The Labute approximate surface area is 142 Å². The fraction of sp³-hybridized carbons (Fsp3) is 0.450. The van der Waals surface area contributed by atoms with Gasteiger partial charge in [0.1, 0.15) is 0 Å². The molecule has 0 aromatic heterocycles. The first-order valence-electron chi connectivity index (χ1n) is 8.36. The molecule has 0 fully saturated rings. The number of halogens is 3. The minimum atomic E-state index is -4.34. The number of rotatable bonds is 10. The smallest absolute Gasteiger partial charge is 0.295 e. The zero-order chi connectivity index (χ0) is 18.0. The Morgan fingerprint density at radius 1 is 1.21 bits per heavy atom. The van der Waals surface area contributed by atoms with Crippen LogP contribution < -0.4 is 0 Å². The first-order chi connectivity index (χ1) is 11.4. The molecule has 1 aromatic rings. The van der Waals surface area contributed by atoms with Gasteiger partial charge >= 0.3 is 6.18 Å². The topological polar surface area (TPSA) is 17.1 Å². The molecule has 0 radical (unpaired) electrons. The second-order valence-electron chi connectivity index (χ2n) is 5.91. The minimum Gasteiger partial charge on any atom is -0.295 e. The van der Waals surface area contributed by atoms with Crippen LogP contribution >= 0.6 is 0 Å². The van der Waals surface area contributed by atoms with Crippen molar-refractivity contribution in [3.63, 3.8) is 0 Å². The zero-order valence-corrected chi connectivity index (χ0v) is 14.1. The standard InChI is InChI=1S/C20H25F3O/c1-3-5-6-7-8-10-19(24)15-17(9-4-2)16-11-13-18(14-12-16)20(21,22)23/h4,8,10-14,17H,2-3,5-7,9,15H2,1H3/b10-8+/t17-/m0/s1. The number of allylic oxidation sites excluding steroid dienone is 3. The van der Waals surface area contributed by atoms with E-state index in [0.717, 1.165) is 43.4 Å². The van der Waals surface area contributed by atoms with Gasteiger partial charge in [-0.25, -0.2) is 0 Å². The maximum Gasteiger partial charge on any atom is 0.416 e. The quantitative estimate of drug-likeness (QED) is 0.272. The average Bonchev–Trinajstić information content (AvgIpc) is 2.53. The summed E-state index contributed by atoms with van der Waals surface area (Å²) in [5, 5.41) is 0. The molecule has 0 spiro atoms. The first kappa shape index (κ1) is 20.2. The molecule has 24 heavy (non-hydrogen) atoms. The molecule has 132 valence electrons. The molecule has 4 heteroatoms. The highest BCUT2D eigenvalue weighted by Crippen LogP contribution is 2.31. The molecule has 0 saturated carbocycles. The number of unbranched alkanes of at least 4 members (excludes halogenated alkanes) is 3. The van der Waals surface area contributed by atoms with Gasteiger partial charge in [-0.2, -0.15) is 13.2 Å². The molecule has 0 aliphatic rings. The van der Waals surface area contributed by atoms with Gasteiger partial charge in [0, 0.05) is 6.42 Å². The second kappa shape index (κ2) is 10.1. The number of carbonyl (C=O) groups is 1. The van der Waals surface area contributed by atoms with Crippen LogP contribution in [-0.4, -0.2) is 5.78 Å². The minimum absolute atomic E-state index is 0.00162. The number of ketones is 1. The summed E-state index contributed by atoms with van der Waals surface area (Å²) in [5.74, 6) is -0.143. The molecular weight excluding hydrogens is 313 g/mol. The highest BCUT2D eigenvalue weighted by atomic mass is 19.4. The summed E-state index contributed by atoms with van der Waals surface area (Å²) < 4.78 is 37.9. The van der Waals surface area contributed by atoms with Crippen molar-refractivity contribution in [2.75, 3.05) is 0 Å². The molecule has 1 aromatic carbocycles. The summed E-state index contributed by atoms with van der Waals surface area (Å²) in [5.41, 5.74) is 0.0568. The number of benzene rings is 1. The van der Waals surface area contributed by atoms with Gasteiger partial charge in [0.25, 0.3) is 0 Å². The highest BCUT2D eigenvalue weighted by Gasteiger charge is 2.30. The zero-order valence-electron chi connectivity index (χ0n) is 14.1. The van der Waals surface area contributed by atoms with E-state index in [0.29, 0.717) is 6.42 Å². The second-order valence-corrected chi connectivity index (χ2v) is 5.91. The predicted molar refractivity (Wildman–Crippen MR) is 91.9 cm³/mol. The van der Waals surface area contributed by atoms with Crippen molar-refractivity contribution in [1.82, 2.24) is 0 Å². The Hall–Kier alpha value is -1.84. The Balaban J connectivity index is 2.69. The number of alkyl halides is 3.